The molecule has 2 amide bonds. The summed E-state index contributed by atoms with van der Waals surface area (Å²) in [7, 11) is 0. The Hall–Kier alpha value is -1.36. The minimum absolute atomic E-state index is 0.0422. The van der Waals surface area contributed by atoms with Crippen molar-refractivity contribution in [1.29, 1.82) is 0 Å². The van der Waals surface area contributed by atoms with Crippen LogP contribution in [0.25, 0.3) is 0 Å². The van der Waals surface area contributed by atoms with Crippen molar-refractivity contribution in [3.8, 4) is 0 Å². The van der Waals surface area contributed by atoms with Crippen molar-refractivity contribution in [2.24, 2.45) is 11.7 Å². The molecule has 2 rings (SSSR count). The van der Waals surface area contributed by atoms with Gasteiger partial charge in [0.15, 0.2) is 0 Å². The van der Waals surface area contributed by atoms with Crippen LogP contribution in [0.15, 0.2) is 22.7 Å². The average molecular weight is 311 g/mol. The summed E-state index contributed by atoms with van der Waals surface area (Å²) in [6, 6.07) is 5.52. The predicted molar refractivity (Wildman–Crippen MR) is 72.1 cm³/mol. The highest BCUT2D eigenvalue weighted by Gasteiger charge is 2.30. The molecule has 1 heterocycles. The third-order valence-electron chi connectivity index (χ3n) is 3.30. The Morgan fingerprint density at radius 3 is 2.72 bits per heavy atom. The monoisotopic (exact) mass is 310 g/mol. The lowest BCUT2D eigenvalue weighted by molar-refractivity contribution is -0.121. The number of hydrogen-bond acceptors (Lipinski definition) is 2. The van der Waals surface area contributed by atoms with Crippen LogP contribution >= 0.6 is 15.9 Å². The van der Waals surface area contributed by atoms with E-state index < -0.39 is 0 Å². The van der Waals surface area contributed by atoms with E-state index in [0.29, 0.717) is 25.1 Å². The number of likely N-dealkylation sites (tertiary alicyclic amines) is 1. The molecule has 0 bridgehead atoms. The number of hydrogen-bond donors (Lipinski definition) is 1. The van der Waals surface area contributed by atoms with Crippen LogP contribution in [0, 0.1) is 12.8 Å². The number of carbonyl (C=O) groups is 2. The Bertz CT molecular complexity index is 502. The van der Waals surface area contributed by atoms with Crippen LogP contribution in [0.4, 0.5) is 0 Å². The summed E-state index contributed by atoms with van der Waals surface area (Å²) in [6.45, 7) is 2.99. The maximum atomic E-state index is 12.2. The van der Waals surface area contributed by atoms with E-state index in [2.05, 4.69) is 15.9 Å². The van der Waals surface area contributed by atoms with E-state index in [1.807, 2.05) is 19.1 Å². The molecule has 18 heavy (non-hydrogen) atoms. The van der Waals surface area contributed by atoms with E-state index in [9.17, 15) is 9.59 Å². The Morgan fingerprint density at radius 1 is 1.44 bits per heavy atom. The van der Waals surface area contributed by atoms with Crippen molar-refractivity contribution >= 4 is 27.7 Å². The number of benzene rings is 1. The fourth-order valence-corrected chi connectivity index (χ4v) is 2.46. The van der Waals surface area contributed by atoms with Crippen molar-refractivity contribution in [2.75, 3.05) is 13.1 Å². The zero-order valence-electron chi connectivity index (χ0n) is 10.1. The summed E-state index contributed by atoms with van der Waals surface area (Å²) in [4.78, 5) is 25.0. The summed E-state index contributed by atoms with van der Waals surface area (Å²) in [5, 5.41) is 0. The second-order valence-electron chi connectivity index (χ2n) is 4.60. The molecule has 1 fully saturated rings. The molecule has 96 valence electrons. The lowest BCUT2D eigenvalue weighted by atomic mass is 10.1. The molecule has 0 aliphatic carbocycles. The number of aryl methyl sites for hydroxylation is 1. The van der Waals surface area contributed by atoms with E-state index in [0.717, 1.165) is 10.0 Å². The van der Waals surface area contributed by atoms with Crippen LogP contribution in [0.3, 0.4) is 0 Å². The second-order valence-corrected chi connectivity index (χ2v) is 5.46. The fourth-order valence-electron chi connectivity index (χ4n) is 2.09. The molecule has 4 nitrogen and oxygen atoms in total. The van der Waals surface area contributed by atoms with Gasteiger partial charge in [-0.1, -0.05) is 22.0 Å². The summed E-state index contributed by atoms with van der Waals surface area (Å²) in [6.07, 6.45) is 0.661. The molecule has 0 radical (unpaired) electrons. The van der Waals surface area contributed by atoms with E-state index >= 15 is 0 Å². The highest BCUT2D eigenvalue weighted by atomic mass is 79.9. The van der Waals surface area contributed by atoms with Gasteiger partial charge in [0.1, 0.15) is 0 Å². The van der Waals surface area contributed by atoms with Crippen LogP contribution in [-0.4, -0.2) is 29.8 Å². The van der Waals surface area contributed by atoms with Crippen molar-refractivity contribution < 1.29 is 9.59 Å². The van der Waals surface area contributed by atoms with Gasteiger partial charge in [-0.15, -0.1) is 0 Å². The summed E-state index contributed by atoms with van der Waals surface area (Å²) >= 11 is 3.41. The molecule has 1 aliphatic rings. The first-order chi connectivity index (χ1) is 8.49. The summed E-state index contributed by atoms with van der Waals surface area (Å²) in [5.74, 6) is -0.572. The van der Waals surface area contributed by atoms with Crippen molar-refractivity contribution in [1.82, 2.24) is 4.90 Å². The topological polar surface area (TPSA) is 63.4 Å². The van der Waals surface area contributed by atoms with Gasteiger partial charge in [-0.2, -0.15) is 0 Å². The average Bonchev–Trinajstić information content (AvgIpc) is 2.81. The predicted octanol–water partition coefficient (Wildman–Crippen LogP) is 1.70. The van der Waals surface area contributed by atoms with Crippen LogP contribution in [0.1, 0.15) is 22.3 Å². The minimum atomic E-state index is -0.324. The summed E-state index contributed by atoms with van der Waals surface area (Å²) < 4.78 is 0.916. The van der Waals surface area contributed by atoms with Gasteiger partial charge in [0.2, 0.25) is 5.91 Å². The molecule has 5 heteroatoms. The van der Waals surface area contributed by atoms with Crippen molar-refractivity contribution in [3.05, 3.63) is 33.8 Å². The van der Waals surface area contributed by atoms with E-state index in [1.54, 1.807) is 11.0 Å². The molecule has 1 aromatic carbocycles. The highest BCUT2D eigenvalue weighted by Crippen LogP contribution is 2.22. The maximum Gasteiger partial charge on any atom is 0.253 e. The molecule has 2 N–H and O–H groups in total. The first-order valence-electron chi connectivity index (χ1n) is 5.84. The normalized spacial score (nSPS) is 19.0. The van der Waals surface area contributed by atoms with Gasteiger partial charge >= 0.3 is 0 Å². The number of rotatable bonds is 2. The Morgan fingerprint density at radius 2 is 2.17 bits per heavy atom. The van der Waals surface area contributed by atoms with Crippen molar-refractivity contribution in [3.63, 3.8) is 0 Å². The minimum Gasteiger partial charge on any atom is -0.369 e. The lowest BCUT2D eigenvalue weighted by Crippen LogP contribution is -2.31. The van der Waals surface area contributed by atoms with Gasteiger partial charge in [-0.3, -0.25) is 9.59 Å². The number of halogens is 1. The molecule has 0 spiro atoms. The molecule has 0 saturated carbocycles. The molecule has 1 aromatic rings. The Balaban J connectivity index is 2.12. The number of nitrogens with two attached hydrogens (primary N) is 1. The molecule has 0 aromatic heterocycles. The molecule has 1 atom stereocenters. The zero-order chi connectivity index (χ0) is 13.3. The first-order valence-corrected chi connectivity index (χ1v) is 6.63. The third-order valence-corrected chi connectivity index (χ3v) is 4.15. The van der Waals surface area contributed by atoms with Gasteiger partial charge in [-0.25, -0.2) is 0 Å². The maximum absolute atomic E-state index is 12.2. The largest absolute Gasteiger partial charge is 0.369 e. The van der Waals surface area contributed by atoms with Gasteiger partial charge in [-0.05, 0) is 31.0 Å². The third kappa shape index (κ3) is 2.56. The lowest BCUT2D eigenvalue weighted by Gasteiger charge is -2.16. The Labute approximate surface area is 114 Å². The Kier molecular flexibility index (Phi) is 3.71. The molecular weight excluding hydrogens is 296 g/mol. The number of nitrogens with zero attached hydrogens (tertiary/aromatic N) is 1. The number of amides is 2. The quantitative estimate of drug-likeness (QED) is 0.903. The molecule has 1 saturated heterocycles. The highest BCUT2D eigenvalue weighted by molar-refractivity contribution is 9.10. The number of primary amides is 1. The molecular formula is C13H15BrN2O2. The van der Waals surface area contributed by atoms with Crippen LogP contribution in [-0.2, 0) is 4.79 Å². The van der Waals surface area contributed by atoms with E-state index in [-0.39, 0.29) is 17.7 Å². The van der Waals surface area contributed by atoms with Crippen LogP contribution < -0.4 is 5.73 Å². The summed E-state index contributed by atoms with van der Waals surface area (Å²) in [5.41, 5.74) is 6.98. The molecule has 1 unspecified atom stereocenters. The number of carbonyl (C=O) groups excluding carboxylic acids is 2. The van der Waals surface area contributed by atoms with E-state index in [4.69, 9.17) is 5.73 Å². The SMILES string of the molecule is Cc1ccc(C(=O)N2CCC(C(N)=O)C2)cc1Br. The van der Waals surface area contributed by atoms with Gasteiger partial charge in [0.05, 0.1) is 5.92 Å². The first kappa shape index (κ1) is 13.1. The standard InChI is InChI=1S/C13H15BrN2O2/c1-8-2-3-9(6-11(8)14)13(18)16-5-4-10(7-16)12(15)17/h2-3,6,10H,4-5,7H2,1H3,(H2,15,17). The van der Waals surface area contributed by atoms with E-state index in [1.165, 1.54) is 0 Å². The van der Waals surface area contributed by atoms with Gasteiger partial charge < -0.3 is 10.6 Å². The zero-order valence-corrected chi connectivity index (χ0v) is 11.7. The molecule has 1 aliphatic heterocycles. The smallest absolute Gasteiger partial charge is 0.253 e. The fraction of sp³-hybridized carbons (Fsp3) is 0.385. The van der Waals surface area contributed by atoms with Gasteiger partial charge in [0.25, 0.3) is 5.91 Å². The van der Waals surface area contributed by atoms with Crippen LogP contribution in [0.5, 0.6) is 0 Å². The van der Waals surface area contributed by atoms with Gasteiger partial charge in [0, 0.05) is 23.1 Å². The second kappa shape index (κ2) is 5.10. The van der Waals surface area contributed by atoms with Crippen LogP contribution in [0.2, 0.25) is 0 Å². The van der Waals surface area contributed by atoms with Crippen molar-refractivity contribution in [2.45, 2.75) is 13.3 Å².